The van der Waals surface area contributed by atoms with Crippen LogP contribution in [-0.4, -0.2) is 45.7 Å². The summed E-state index contributed by atoms with van der Waals surface area (Å²) in [5.74, 6) is -0.653. The minimum absolute atomic E-state index is 0.220. The Morgan fingerprint density at radius 3 is 2.67 bits per heavy atom. The Morgan fingerprint density at radius 2 is 1.97 bits per heavy atom. The second kappa shape index (κ2) is 8.93. The Hall–Kier alpha value is -2.78. The predicted molar refractivity (Wildman–Crippen MR) is 116 cm³/mol. The van der Waals surface area contributed by atoms with Crippen LogP contribution in [0.15, 0.2) is 42.5 Å². The number of halogens is 1. The fourth-order valence-electron chi connectivity index (χ4n) is 3.01. The molecule has 0 unspecified atom stereocenters. The van der Waals surface area contributed by atoms with Crippen LogP contribution in [0, 0.1) is 0 Å². The van der Waals surface area contributed by atoms with E-state index < -0.39 is 22.0 Å². The molecule has 2 aromatic rings. The van der Waals surface area contributed by atoms with Crippen LogP contribution in [-0.2, 0) is 14.8 Å². The number of carbonyl (C=O) groups is 2. The lowest BCUT2D eigenvalue weighted by molar-refractivity contribution is -0.122. The van der Waals surface area contributed by atoms with Crippen molar-refractivity contribution in [1.29, 1.82) is 0 Å². The van der Waals surface area contributed by atoms with E-state index in [-0.39, 0.29) is 23.9 Å². The van der Waals surface area contributed by atoms with E-state index in [1.54, 1.807) is 30.3 Å². The number of hydrogen-bond donors (Lipinski definition) is 2. The van der Waals surface area contributed by atoms with Gasteiger partial charge in [-0.3, -0.25) is 13.9 Å². The highest BCUT2D eigenvalue weighted by Gasteiger charge is 2.35. The Labute approximate surface area is 180 Å². The van der Waals surface area contributed by atoms with Gasteiger partial charge in [-0.2, -0.15) is 0 Å². The number of fused-ring (bicyclic) bond motifs is 1. The summed E-state index contributed by atoms with van der Waals surface area (Å²) >= 11 is 5.99. The molecule has 1 heterocycles. The van der Waals surface area contributed by atoms with E-state index in [1.807, 2.05) is 6.92 Å². The van der Waals surface area contributed by atoms with Crippen LogP contribution in [0.25, 0.3) is 0 Å². The minimum atomic E-state index is -3.68. The number of nitrogens with one attached hydrogen (secondary N) is 2. The number of para-hydroxylation sites is 1. The van der Waals surface area contributed by atoms with Crippen molar-refractivity contribution in [1.82, 2.24) is 5.32 Å². The van der Waals surface area contributed by atoms with Crippen molar-refractivity contribution in [3.63, 3.8) is 0 Å². The van der Waals surface area contributed by atoms with Crippen molar-refractivity contribution in [2.24, 2.45) is 0 Å². The molecule has 10 heteroatoms. The fourth-order valence-corrected chi connectivity index (χ4v) is 4.08. The van der Waals surface area contributed by atoms with Gasteiger partial charge in [0.15, 0.2) is 6.10 Å². The lowest BCUT2D eigenvalue weighted by Gasteiger charge is -2.34. The highest BCUT2D eigenvalue weighted by atomic mass is 35.5. The summed E-state index contributed by atoms with van der Waals surface area (Å²) in [6.45, 7) is 2.23. The van der Waals surface area contributed by atoms with Gasteiger partial charge in [-0.1, -0.05) is 30.7 Å². The minimum Gasteiger partial charge on any atom is -0.476 e. The Bertz CT molecular complexity index is 1070. The van der Waals surface area contributed by atoms with Crippen molar-refractivity contribution in [2.45, 2.75) is 19.4 Å². The van der Waals surface area contributed by atoms with E-state index in [4.69, 9.17) is 16.3 Å². The lowest BCUT2D eigenvalue weighted by Crippen LogP contribution is -2.48. The molecule has 30 heavy (non-hydrogen) atoms. The first kappa shape index (κ1) is 21.9. The number of anilines is 2. The van der Waals surface area contributed by atoms with Crippen LogP contribution in [0.5, 0.6) is 5.75 Å². The maximum atomic E-state index is 12.9. The summed E-state index contributed by atoms with van der Waals surface area (Å²) in [6.07, 6.45) is 0.715. The summed E-state index contributed by atoms with van der Waals surface area (Å²) in [6, 6.07) is 11.1. The molecule has 0 aliphatic carbocycles. The summed E-state index contributed by atoms with van der Waals surface area (Å²) in [5.41, 5.74) is 0.892. The third kappa shape index (κ3) is 4.85. The number of benzene rings is 2. The van der Waals surface area contributed by atoms with Gasteiger partial charge >= 0.3 is 0 Å². The molecule has 1 aliphatic heterocycles. The van der Waals surface area contributed by atoms with Gasteiger partial charge in [-0.25, -0.2) is 8.42 Å². The molecule has 0 saturated heterocycles. The number of hydrogen-bond acceptors (Lipinski definition) is 5. The highest BCUT2D eigenvalue weighted by molar-refractivity contribution is 7.92. The molecule has 0 fully saturated rings. The summed E-state index contributed by atoms with van der Waals surface area (Å²) in [5, 5.41) is 5.79. The molecule has 2 amide bonds. The molecule has 0 spiro atoms. The quantitative estimate of drug-likeness (QED) is 0.702. The fraction of sp³-hybridized carbons (Fsp3) is 0.300. The zero-order valence-corrected chi connectivity index (χ0v) is 18.1. The smallest absolute Gasteiger partial charge is 0.267 e. The Kier molecular flexibility index (Phi) is 6.52. The molecular formula is C20H22ClN3O5S. The van der Waals surface area contributed by atoms with Gasteiger partial charge in [-0.05, 0) is 36.8 Å². The molecule has 0 saturated carbocycles. The number of nitrogens with zero attached hydrogens (tertiary/aromatic N) is 1. The van der Waals surface area contributed by atoms with E-state index in [9.17, 15) is 18.0 Å². The zero-order valence-electron chi connectivity index (χ0n) is 16.5. The van der Waals surface area contributed by atoms with Crippen molar-refractivity contribution < 1.29 is 22.7 Å². The van der Waals surface area contributed by atoms with Gasteiger partial charge in [0.05, 0.1) is 29.7 Å². The second-order valence-corrected chi connectivity index (χ2v) is 9.15. The normalized spacial score (nSPS) is 15.7. The van der Waals surface area contributed by atoms with Crippen LogP contribution in [0.3, 0.4) is 0 Å². The van der Waals surface area contributed by atoms with E-state index in [0.29, 0.717) is 22.8 Å². The van der Waals surface area contributed by atoms with Crippen molar-refractivity contribution in [3.8, 4) is 5.75 Å². The molecule has 8 nitrogen and oxygen atoms in total. The van der Waals surface area contributed by atoms with E-state index in [2.05, 4.69) is 10.6 Å². The number of ether oxygens (including phenoxy) is 1. The van der Waals surface area contributed by atoms with Crippen molar-refractivity contribution >= 4 is 44.8 Å². The zero-order chi connectivity index (χ0) is 21.9. The van der Waals surface area contributed by atoms with Crippen molar-refractivity contribution in [3.05, 3.63) is 53.1 Å². The standard InChI is InChI=1S/C20H22ClN3O5S/c1-3-10-22-19(25)14-6-4-5-7-15(14)23-20(26)18-12-24(30(2,27)28)16-11-13(21)8-9-17(16)29-18/h4-9,11,18H,3,10,12H2,1-2H3,(H,22,25)(H,23,26)/t18-/m0/s1. The van der Waals surface area contributed by atoms with Gasteiger partial charge in [-0.15, -0.1) is 0 Å². The first-order valence-electron chi connectivity index (χ1n) is 9.32. The molecule has 3 rings (SSSR count). The molecule has 2 aromatic carbocycles. The van der Waals surface area contributed by atoms with Crippen molar-refractivity contribution in [2.75, 3.05) is 29.0 Å². The van der Waals surface area contributed by atoms with Crippen LogP contribution in [0.1, 0.15) is 23.7 Å². The van der Waals surface area contributed by atoms with E-state index >= 15 is 0 Å². The first-order chi connectivity index (χ1) is 14.2. The summed E-state index contributed by atoms with van der Waals surface area (Å²) < 4.78 is 31.4. The van der Waals surface area contributed by atoms with Gasteiger partial charge < -0.3 is 15.4 Å². The number of rotatable bonds is 6. The SMILES string of the molecule is CCCNC(=O)c1ccccc1NC(=O)[C@@H]1CN(S(C)(=O)=O)c2cc(Cl)ccc2O1. The highest BCUT2D eigenvalue weighted by Crippen LogP contribution is 2.37. The summed E-state index contributed by atoms with van der Waals surface area (Å²) in [7, 11) is -3.68. The molecule has 0 aromatic heterocycles. The molecule has 1 atom stereocenters. The van der Waals surface area contributed by atoms with Crippen LogP contribution in [0.2, 0.25) is 5.02 Å². The Morgan fingerprint density at radius 1 is 1.23 bits per heavy atom. The maximum Gasteiger partial charge on any atom is 0.267 e. The second-order valence-electron chi connectivity index (χ2n) is 6.80. The molecular weight excluding hydrogens is 430 g/mol. The van der Waals surface area contributed by atoms with Gasteiger partial charge in [0, 0.05) is 11.6 Å². The molecule has 2 N–H and O–H groups in total. The van der Waals surface area contributed by atoms with Crippen LogP contribution >= 0.6 is 11.6 Å². The number of amides is 2. The topological polar surface area (TPSA) is 105 Å². The maximum absolute atomic E-state index is 12.9. The van der Waals surface area contributed by atoms with Gasteiger partial charge in [0.25, 0.3) is 11.8 Å². The third-order valence-corrected chi connectivity index (χ3v) is 5.83. The first-order valence-corrected chi connectivity index (χ1v) is 11.6. The van der Waals surface area contributed by atoms with Gasteiger partial charge in [0.2, 0.25) is 10.0 Å². The summed E-state index contributed by atoms with van der Waals surface area (Å²) in [4.78, 5) is 25.3. The predicted octanol–water partition coefficient (Wildman–Crippen LogP) is 2.65. The molecule has 0 bridgehead atoms. The molecule has 0 radical (unpaired) electrons. The van der Waals surface area contributed by atoms with E-state index in [0.717, 1.165) is 17.0 Å². The number of sulfonamides is 1. The molecule has 160 valence electrons. The molecule has 1 aliphatic rings. The third-order valence-electron chi connectivity index (χ3n) is 4.45. The average Bonchev–Trinajstić information content (AvgIpc) is 2.70. The lowest BCUT2D eigenvalue weighted by atomic mass is 10.1. The largest absolute Gasteiger partial charge is 0.476 e. The van der Waals surface area contributed by atoms with E-state index in [1.165, 1.54) is 12.1 Å². The van der Waals surface area contributed by atoms with Crippen LogP contribution < -0.4 is 19.7 Å². The number of carbonyl (C=O) groups excluding carboxylic acids is 2. The van der Waals surface area contributed by atoms with Gasteiger partial charge in [0.1, 0.15) is 5.75 Å². The van der Waals surface area contributed by atoms with Crippen LogP contribution in [0.4, 0.5) is 11.4 Å². The Balaban J connectivity index is 1.85. The average molecular weight is 452 g/mol. The monoisotopic (exact) mass is 451 g/mol.